The molecule has 0 saturated carbocycles. The zero-order valence-corrected chi connectivity index (χ0v) is 18.6. The molecule has 0 unspecified atom stereocenters. The van der Waals surface area contributed by atoms with Crippen LogP contribution in [0.4, 0.5) is 10.1 Å². The van der Waals surface area contributed by atoms with E-state index in [9.17, 15) is 9.18 Å². The molecule has 0 atom stereocenters. The number of allylic oxidation sites excluding steroid dienone is 1. The van der Waals surface area contributed by atoms with Gasteiger partial charge in [-0.2, -0.15) is 0 Å². The van der Waals surface area contributed by atoms with Gasteiger partial charge in [-0.25, -0.2) is 4.39 Å². The van der Waals surface area contributed by atoms with Crippen LogP contribution < -0.4 is 14.8 Å². The average Bonchev–Trinajstić information content (AvgIpc) is 3.21. The van der Waals surface area contributed by atoms with Gasteiger partial charge in [-0.05, 0) is 61.4 Å². The number of rotatable bonds is 7. The number of furan rings is 1. The van der Waals surface area contributed by atoms with E-state index in [-0.39, 0.29) is 5.91 Å². The Morgan fingerprint density at radius 3 is 2.70 bits per heavy atom. The van der Waals surface area contributed by atoms with Gasteiger partial charge in [-0.1, -0.05) is 18.2 Å². The maximum atomic E-state index is 13.4. The topological polar surface area (TPSA) is 60.7 Å². The highest BCUT2D eigenvalue weighted by atomic mass is 19.1. The third kappa shape index (κ3) is 4.90. The van der Waals surface area contributed by atoms with E-state index in [0.29, 0.717) is 29.2 Å². The molecule has 1 heterocycles. The van der Waals surface area contributed by atoms with Gasteiger partial charge in [0, 0.05) is 34.3 Å². The molecule has 3 aromatic carbocycles. The lowest BCUT2D eigenvalue weighted by molar-refractivity contribution is -0.111. The minimum Gasteiger partial charge on any atom is -0.497 e. The van der Waals surface area contributed by atoms with E-state index in [4.69, 9.17) is 13.9 Å². The van der Waals surface area contributed by atoms with Crippen LogP contribution in [0.15, 0.2) is 77.4 Å². The number of nitrogens with one attached hydrogen (secondary N) is 1. The summed E-state index contributed by atoms with van der Waals surface area (Å²) in [5.41, 5.74) is 4.40. The zero-order valence-electron chi connectivity index (χ0n) is 18.6. The fourth-order valence-electron chi connectivity index (χ4n) is 3.67. The van der Waals surface area contributed by atoms with Crippen LogP contribution in [0.2, 0.25) is 0 Å². The van der Waals surface area contributed by atoms with Crippen molar-refractivity contribution in [2.75, 3.05) is 19.0 Å². The highest BCUT2D eigenvalue weighted by Crippen LogP contribution is 2.38. The summed E-state index contributed by atoms with van der Waals surface area (Å²) >= 11 is 0. The van der Waals surface area contributed by atoms with Crippen molar-refractivity contribution < 1.29 is 23.1 Å². The van der Waals surface area contributed by atoms with Gasteiger partial charge in [-0.3, -0.25) is 4.79 Å². The first-order chi connectivity index (χ1) is 16.0. The van der Waals surface area contributed by atoms with Crippen LogP contribution in [0.3, 0.4) is 0 Å². The van der Waals surface area contributed by atoms with Gasteiger partial charge >= 0.3 is 0 Å². The van der Waals surface area contributed by atoms with Crippen molar-refractivity contribution in [1.29, 1.82) is 0 Å². The van der Waals surface area contributed by atoms with Gasteiger partial charge in [0.2, 0.25) is 5.91 Å². The van der Waals surface area contributed by atoms with Crippen LogP contribution in [-0.4, -0.2) is 19.6 Å². The van der Waals surface area contributed by atoms with Crippen LogP contribution in [0.1, 0.15) is 19.4 Å². The third-order valence-electron chi connectivity index (χ3n) is 5.22. The second-order valence-corrected chi connectivity index (χ2v) is 7.49. The molecule has 168 valence electrons. The Balaban J connectivity index is 1.73. The number of amides is 1. The molecule has 0 radical (unpaired) electrons. The van der Waals surface area contributed by atoms with Gasteiger partial charge < -0.3 is 19.2 Å². The monoisotopic (exact) mass is 445 g/mol. The largest absolute Gasteiger partial charge is 0.497 e. The maximum absolute atomic E-state index is 13.4. The van der Waals surface area contributed by atoms with Gasteiger partial charge in [-0.15, -0.1) is 0 Å². The van der Waals surface area contributed by atoms with Crippen LogP contribution in [0, 0.1) is 5.82 Å². The van der Waals surface area contributed by atoms with Crippen molar-refractivity contribution in [2.24, 2.45) is 0 Å². The first kappa shape index (κ1) is 22.1. The molecule has 1 aromatic heterocycles. The molecule has 0 aliphatic rings. The van der Waals surface area contributed by atoms with Gasteiger partial charge in [0.05, 0.1) is 20.0 Å². The Morgan fingerprint density at radius 2 is 1.94 bits per heavy atom. The zero-order chi connectivity index (χ0) is 23.4. The van der Waals surface area contributed by atoms with Crippen LogP contribution in [0.25, 0.3) is 27.7 Å². The maximum Gasteiger partial charge on any atom is 0.248 e. The number of halogens is 1. The average molecular weight is 445 g/mol. The molecule has 33 heavy (non-hydrogen) atoms. The summed E-state index contributed by atoms with van der Waals surface area (Å²) in [5, 5.41) is 3.58. The molecular formula is C27H24FNO4. The number of hydrogen-bond acceptors (Lipinski definition) is 4. The van der Waals surface area contributed by atoms with E-state index >= 15 is 0 Å². The summed E-state index contributed by atoms with van der Waals surface area (Å²) < 4.78 is 30.4. The number of carbonyl (C=O) groups is 1. The summed E-state index contributed by atoms with van der Waals surface area (Å²) in [7, 11) is 1.63. The molecule has 4 aromatic rings. The molecule has 4 rings (SSSR count). The third-order valence-corrected chi connectivity index (χ3v) is 5.22. The number of hydrogen-bond donors (Lipinski definition) is 1. The lowest BCUT2D eigenvalue weighted by atomic mass is 9.99. The summed E-state index contributed by atoms with van der Waals surface area (Å²) in [6.07, 6.45) is 3.18. The van der Waals surface area contributed by atoms with E-state index < -0.39 is 5.82 Å². The highest BCUT2D eigenvalue weighted by Gasteiger charge is 2.16. The van der Waals surface area contributed by atoms with Crippen molar-refractivity contribution in [1.82, 2.24) is 0 Å². The summed E-state index contributed by atoms with van der Waals surface area (Å²) in [6, 6.07) is 17.3. The summed E-state index contributed by atoms with van der Waals surface area (Å²) in [6.45, 7) is 4.19. The van der Waals surface area contributed by atoms with E-state index in [1.807, 2.05) is 50.2 Å². The lowest BCUT2D eigenvalue weighted by Crippen LogP contribution is -2.09. The predicted molar refractivity (Wildman–Crippen MR) is 128 cm³/mol. The Morgan fingerprint density at radius 1 is 1.12 bits per heavy atom. The molecule has 5 nitrogen and oxygen atoms in total. The molecule has 0 saturated heterocycles. The van der Waals surface area contributed by atoms with Crippen molar-refractivity contribution in [3.63, 3.8) is 0 Å². The molecule has 0 spiro atoms. The fraction of sp³-hybridized carbons (Fsp3) is 0.148. The predicted octanol–water partition coefficient (Wildman–Crippen LogP) is 6.69. The minimum atomic E-state index is -0.414. The van der Waals surface area contributed by atoms with E-state index in [0.717, 1.165) is 27.8 Å². The Kier molecular flexibility index (Phi) is 6.45. The van der Waals surface area contributed by atoms with E-state index in [1.165, 1.54) is 18.2 Å². The van der Waals surface area contributed by atoms with E-state index in [2.05, 4.69) is 5.32 Å². The minimum absolute atomic E-state index is 0.360. The van der Waals surface area contributed by atoms with Gasteiger partial charge in [0.25, 0.3) is 0 Å². The van der Waals surface area contributed by atoms with Gasteiger partial charge in [0.15, 0.2) is 0 Å². The number of ether oxygens (including phenoxy) is 2. The van der Waals surface area contributed by atoms with Crippen molar-refractivity contribution in [2.45, 2.75) is 13.8 Å². The van der Waals surface area contributed by atoms with Crippen LogP contribution in [-0.2, 0) is 4.79 Å². The highest BCUT2D eigenvalue weighted by molar-refractivity contribution is 6.05. The Bertz CT molecular complexity index is 1340. The Labute approximate surface area is 191 Å². The fourth-order valence-corrected chi connectivity index (χ4v) is 3.67. The SMILES string of the molecule is CCOc1cc2occ(-c3cccc(OC)c3)c2cc1/C(C)=C/C(=O)Nc1cccc(F)c1. The molecule has 0 fully saturated rings. The number of anilines is 1. The number of benzene rings is 3. The standard InChI is InChI=1S/C27H24FNO4/c1-4-32-25-15-26-23(24(16-33-26)18-7-5-10-21(12-18)31-3)14-22(25)17(2)11-27(30)29-20-9-6-8-19(28)13-20/h5-16H,4H2,1-3H3,(H,29,30)/b17-11+. The molecule has 1 N–H and O–H groups in total. The number of carbonyl (C=O) groups excluding carboxylic acids is 1. The summed E-state index contributed by atoms with van der Waals surface area (Å²) in [5.74, 6) is 0.588. The molecule has 0 aliphatic heterocycles. The van der Waals surface area contributed by atoms with Crippen molar-refractivity contribution in [3.8, 4) is 22.6 Å². The lowest BCUT2D eigenvalue weighted by Gasteiger charge is -2.12. The summed E-state index contributed by atoms with van der Waals surface area (Å²) in [4.78, 5) is 12.6. The number of fused-ring (bicyclic) bond motifs is 1. The first-order valence-electron chi connectivity index (χ1n) is 10.6. The van der Waals surface area contributed by atoms with Crippen molar-refractivity contribution in [3.05, 3.63) is 84.4 Å². The number of methoxy groups -OCH3 is 1. The normalized spacial score (nSPS) is 11.5. The van der Waals surface area contributed by atoms with E-state index in [1.54, 1.807) is 25.5 Å². The molecule has 0 aliphatic carbocycles. The first-order valence-corrected chi connectivity index (χ1v) is 10.6. The smallest absolute Gasteiger partial charge is 0.248 e. The molecule has 6 heteroatoms. The van der Waals surface area contributed by atoms with Gasteiger partial charge in [0.1, 0.15) is 22.9 Å². The molecular weight excluding hydrogens is 421 g/mol. The second kappa shape index (κ2) is 9.61. The van der Waals surface area contributed by atoms with Crippen LogP contribution >= 0.6 is 0 Å². The van der Waals surface area contributed by atoms with Crippen molar-refractivity contribution >= 4 is 28.1 Å². The Hall–Kier alpha value is -4.06. The molecule has 1 amide bonds. The quantitative estimate of drug-likeness (QED) is 0.322. The van der Waals surface area contributed by atoms with Crippen LogP contribution in [0.5, 0.6) is 11.5 Å². The molecule has 0 bridgehead atoms. The second-order valence-electron chi connectivity index (χ2n) is 7.49.